The molecule has 0 saturated carbocycles. The SMILES string of the molecule is c1ccc(-c2cc3cc4ccccc4c(-c4c5ccccc5cc5cc(-c6ccccc6)oc45)c3o2)cc1. The van der Waals surface area contributed by atoms with Gasteiger partial charge in [0.25, 0.3) is 0 Å². The van der Waals surface area contributed by atoms with Crippen LogP contribution in [-0.4, -0.2) is 0 Å². The van der Waals surface area contributed by atoms with E-state index in [9.17, 15) is 0 Å². The van der Waals surface area contributed by atoms with Crippen molar-refractivity contribution < 1.29 is 8.83 Å². The van der Waals surface area contributed by atoms with E-state index in [0.29, 0.717) is 0 Å². The highest BCUT2D eigenvalue weighted by atomic mass is 16.3. The molecule has 0 radical (unpaired) electrons. The third-order valence-electron chi connectivity index (χ3n) is 7.42. The molecule has 0 aliphatic carbocycles. The van der Waals surface area contributed by atoms with Gasteiger partial charge in [0.05, 0.1) is 0 Å². The molecule has 2 nitrogen and oxygen atoms in total. The Bertz CT molecular complexity index is 1960. The predicted molar refractivity (Wildman–Crippen MR) is 157 cm³/mol. The Morgan fingerprint density at radius 1 is 0.342 bits per heavy atom. The first kappa shape index (κ1) is 21.0. The van der Waals surface area contributed by atoms with Crippen LogP contribution in [0.25, 0.3) is 77.3 Å². The second kappa shape index (κ2) is 8.22. The van der Waals surface area contributed by atoms with Gasteiger partial charge in [0.15, 0.2) is 0 Å². The molecule has 0 unspecified atom stereocenters. The standard InChI is InChI=1S/C36H22O2/c1-3-11-23(12-4-1)31-21-27-19-25-15-7-9-17-29(25)33(35(27)37-31)34-30-18-10-8-16-26(30)20-28-22-32(38-36(28)34)24-13-5-2-6-14-24/h1-22H. The van der Waals surface area contributed by atoms with Gasteiger partial charge in [-0.3, -0.25) is 0 Å². The third-order valence-corrected chi connectivity index (χ3v) is 7.42. The Kier molecular flexibility index (Phi) is 4.55. The third kappa shape index (κ3) is 3.21. The van der Waals surface area contributed by atoms with Gasteiger partial charge in [-0.05, 0) is 45.8 Å². The number of hydrogen-bond acceptors (Lipinski definition) is 2. The summed E-state index contributed by atoms with van der Waals surface area (Å²) in [5, 5.41) is 6.79. The van der Waals surface area contributed by atoms with Crippen LogP contribution in [0, 0.1) is 0 Å². The summed E-state index contributed by atoms with van der Waals surface area (Å²) in [5.74, 6) is 1.72. The minimum Gasteiger partial charge on any atom is -0.455 e. The predicted octanol–water partition coefficient (Wildman–Crippen LogP) is 10.5. The van der Waals surface area contributed by atoms with Gasteiger partial charge in [0, 0.05) is 33.0 Å². The van der Waals surface area contributed by atoms with Crippen molar-refractivity contribution in [3.8, 4) is 33.8 Å². The molecule has 2 heteroatoms. The molecule has 2 heterocycles. The Hall–Kier alpha value is -5.08. The molecule has 2 aromatic heterocycles. The molecule has 0 spiro atoms. The Balaban J connectivity index is 1.53. The summed E-state index contributed by atoms with van der Waals surface area (Å²) in [6.07, 6.45) is 0. The van der Waals surface area contributed by atoms with Crippen LogP contribution in [-0.2, 0) is 0 Å². The maximum absolute atomic E-state index is 6.70. The van der Waals surface area contributed by atoms with Crippen molar-refractivity contribution in [3.05, 3.63) is 133 Å². The Labute approximate surface area is 219 Å². The van der Waals surface area contributed by atoms with Crippen LogP contribution in [0.3, 0.4) is 0 Å². The fourth-order valence-electron chi connectivity index (χ4n) is 5.68. The molecule has 38 heavy (non-hydrogen) atoms. The molecule has 8 rings (SSSR count). The summed E-state index contributed by atoms with van der Waals surface area (Å²) in [5.41, 5.74) is 6.00. The van der Waals surface area contributed by atoms with E-state index in [1.165, 1.54) is 10.8 Å². The van der Waals surface area contributed by atoms with E-state index in [1.54, 1.807) is 0 Å². The maximum Gasteiger partial charge on any atom is 0.143 e. The van der Waals surface area contributed by atoms with E-state index in [1.807, 2.05) is 36.4 Å². The fourth-order valence-corrected chi connectivity index (χ4v) is 5.68. The summed E-state index contributed by atoms with van der Waals surface area (Å²) in [6.45, 7) is 0. The van der Waals surface area contributed by atoms with Crippen molar-refractivity contribution >= 4 is 43.5 Å². The van der Waals surface area contributed by atoms with Crippen LogP contribution >= 0.6 is 0 Å². The summed E-state index contributed by atoms with van der Waals surface area (Å²) < 4.78 is 13.4. The van der Waals surface area contributed by atoms with Crippen molar-refractivity contribution in [1.29, 1.82) is 0 Å². The van der Waals surface area contributed by atoms with Gasteiger partial charge in [-0.25, -0.2) is 0 Å². The number of fused-ring (bicyclic) bond motifs is 4. The van der Waals surface area contributed by atoms with E-state index in [0.717, 1.165) is 66.5 Å². The smallest absolute Gasteiger partial charge is 0.143 e. The Morgan fingerprint density at radius 2 is 0.737 bits per heavy atom. The van der Waals surface area contributed by atoms with E-state index in [4.69, 9.17) is 8.83 Å². The van der Waals surface area contributed by atoms with Crippen molar-refractivity contribution in [2.45, 2.75) is 0 Å². The van der Waals surface area contributed by atoms with Gasteiger partial charge in [0.2, 0.25) is 0 Å². The normalized spacial score (nSPS) is 11.7. The highest BCUT2D eigenvalue weighted by Gasteiger charge is 2.22. The summed E-state index contributed by atoms with van der Waals surface area (Å²) in [6, 6.07) is 46.4. The summed E-state index contributed by atoms with van der Waals surface area (Å²) in [7, 11) is 0. The van der Waals surface area contributed by atoms with Gasteiger partial charge in [-0.15, -0.1) is 0 Å². The number of rotatable bonds is 3. The monoisotopic (exact) mass is 486 g/mol. The fraction of sp³-hybridized carbons (Fsp3) is 0. The van der Waals surface area contributed by atoms with Crippen LogP contribution < -0.4 is 0 Å². The van der Waals surface area contributed by atoms with Gasteiger partial charge < -0.3 is 8.83 Å². The van der Waals surface area contributed by atoms with Crippen LogP contribution in [0.5, 0.6) is 0 Å². The van der Waals surface area contributed by atoms with Crippen LogP contribution in [0.15, 0.2) is 142 Å². The summed E-state index contributed by atoms with van der Waals surface area (Å²) >= 11 is 0. The molecule has 0 aliphatic heterocycles. The number of furan rings is 2. The lowest BCUT2D eigenvalue weighted by atomic mass is 9.91. The van der Waals surface area contributed by atoms with Crippen LogP contribution in [0.2, 0.25) is 0 Å². The topological polar surface area (TPSA) is 26.3 Å². The second-order valence-corrected chi connectivity index (χ2v) is 9.74. The average molecular weight is 487 g/mol. The first-order valence-corrected chi connectivity index (χ1v) is 12.9. The molecule has 8 aromatic rings. The molecular formula is C36H22O2. The van der Waals surface area contributed by atoms with E-state index in [2.05, 4.69) is 97.1 Å². The highest BCUT2D eigenvalue weighted by molar-refractivity contribution is 6.21. The molecule has 0 N–H and O–H groups in total. The maximum atomic E-state index is 6.70. The Morgan fingerprint density at radius 3 is 1.18 bits per heavy atom. The molecule has 0 aliphatic rings. The molecule has 0 atom stereocenters. The zero-order valence-corrected chi connectivity index (χ0v) is 20.5. The van der Waals surface area contributed by atoms with Crippen LogP contribution in [0.1, 0.15) is 0 Å². The minimum absolute atomic E-state index is 0.859. The molecule has 0 amide bonds. The summed E-state index contributed by atoms with van der Waals surface area (Å²) in [4.78, 5) is 0. The zero-order valence-electron chi connectivity index (χ0n) is 20.5. The molecule has 178 valence electrons. The van der Waals surface area contributed by atoms with Crippen molar-refractivity contribution in [3.63, 3.8) is 0 Å². The first-order valence-electron chi connectivity index (χ1n) is 12.9. The van der Waals surface area contributed by atoms with E-state index < -0.39 is 0 Å². The lowest BCUT2D eigenvalue weighted by molar-refractivity contribution is 0.628. The van der Waals surface area contributed by atoms with E-state index >= 15 is 0 Å². The quantitative estimate of drug-likeness (QED) is 0.248. The molecular weight excluding hydrogens is 464 g/mol. The average Bonchev–Trinajstić information content (AvgIpc) is 3.60. The van der Waals surface area contributed by atoms with Gasteiger partial charge >= 0.3 is 0 Å². The van der Waals surface area contributed by atoms with E-state index in [-0.39, 0.29) is 0 Å². The zero-order chi connectivity index (χ0) is 25.1. The second-order valence-electron chi connectivity index (χ2n) is 9.74. The minimum atomic E-state index is 0.859. The molecule has 0 fully saturated rings. The van der Waals surface area contributed by atoms with Crippen molar-refractivity contribution in [2.24, 2.45) is 0 Å². The van der Waals surface area contributed by atoms with Crippen molar-refractivity contribution in [1.82, 2.24) is 0 Å². The number of hydrogen-bond donors (Lipinski definition) is 0. The van der Waals surface area contributed by atoms with Gasteiger partial charge in [-0.2, -0.15) is 0 Å². The van der Waals surface area contributed by atoms with Crippen LogP contribution in [0.4, 0.5) is 0 Å². The molecule has 0 bridgehead atoms. The molecule has 6 aromatic carbocycles. The first-order chi connectivity index (χ1) is 18.8. The molecule has 0 saturated heterocycles. The van der Waals surface area contributed by atoms with Gasteiger partial charge in [0.1, 0.15) is 22.7 Å². The highest BCUT2D eigenvalue weighted by Crippen LogP contribution is 2.46. The lowest BCUT2D eigenvalue weighted by Crippen LogP contribution is -1.87. The lowest BCUT2D eigenvalue weighted by Gasteiger charge is -2.12. The largest absolute Gasteiger partial charge is 0.455 e. The number of benzene rings is 6. The van der Waals surface area contributed by atoms with Gasteiger partial charge in [-0.1, -0.05) is 109 Å². The van der Waals surface area contributed by atoms with Crippen molar-refractivity contribution in [2.75, 3.05) is 0 Å².